The van der Waals surface area contributed by atoms with Crippen molar-refractivity contribution in [3.05, 3.63) is 52.8 Å². The van der Waals surface area contributed by atoms with E-state index in [0.717, 1.165) is 39.6 Å². The molecular formula is C21H21N3O4. The molecule has 1 aliphatic carbocycles. The van der Waals surface area contributed by atoms with E-state index in [4.69, 9.17) is 0 Å². The topological polar surface area (TPSA) is 79.7 Å². The third kappa shape index (κ3) is 2.83. The van der Waals surface area contributed by atoms with E-state index in [9.17, 15) is 19.2 Å². The van der Waals surface area contributed by atoms with E-state index in [1.165, 1.54) is 0 Å². The molecule has 0 bridgehead atoms. The molecule has 0 atom stereocenters. The predicted octanol–water partition coefficient (Wildman–Crippen LogP) is 2.93. The molecule has 0 unspecified atom stereocenters. The molecule has 0 N–H and O–H groups in total. The second-order valence-electron chi connectivity index (χ2n) is 7.46. The number of carbonyl (C=O) groups is 4. The molecule has 1 saturated carbocycles. The van der Waals surface area contributed by atoms with Gasteiger partial charge in [-0.3, -0.25) is 14.4 Å². The quantitative estimate of drug-likeness (QED) is 0.454. The first kappa shape index (κ1) is 18.2. The van der Waals surface area contributed by atoms with Gasteiger partial charge in [0.15, 0.2) is 5.78 Å². The number of amides is 4. The van der Waals surface area contributed by atoms with Crippen molar-refractivity contribution in [1.29, 1.82) is 0 Å². The Morgan fingerprint density at radius 3 is 2.25 bits per heavy atom. The standard InChI is InChI=1S/C21H21N3O4/c1-12-4-6-16(7-5-12)24-20(27)19(26)22(21(24)28)11-18(25)17-10-13(2)23(14(17)3)15-8-9-15/h4-7,10,15H,8-9,11H2,1-3H3. The molecule has 1 saturated heterocycles. The van der Waals surface area contributed by atoms with E-state index >= 15 is 0 Å². The van der Waals surface area contributed by atoms with E-state index in [1.807, 2.05) is 20.8 Å². The molecule has 144 valence electrons. The number of aromatic nitrogens is 1. The van der Waals surface area contributed by atoms with Crippen LogP contribution in [0.2, 0.25) is 0 Å². The average Bonchev–Trinajstić information content (AvgIpc) is 3.41. The first-order valence-electron chi connectivity index (χ1n) is 9.27. The lowest BCUT2D eigenvalue weighted by Gasteiger charge is -2.15. The van der Waals surface area contributed by atoms with Gasteiger partial charge in [-0.25, -0.2) is 14.6 Å². The van der Waals surface area contributed by atoms with Crippen LogP contribution in [-0.2, 0) is 9.59 Å². The Bertz CT molecular complexity index is 1020. The van der Waals surface area contributed by atoms with Crippen LogP contribution in [0.4, 0.5) is 10.5 Å². The summed E-state index contributed by atoms with van der Waals surface area (Å²) in [5.41, 5.74) is 3.60. The van der Waals surface area contributed by atoms with Crippen LogP contribution in [0.25, 0.3) is 0 Å². The SMILES string of the molecule is Cc1ccc(N2C(=O)C(=O)N(CC(=O)c3cc(C)n(C4CC4)c3C)C2=O)cc1. The van der Waals surface area contributed by atoms with Crippen molar-refractivity contribution in [1.82, 2.24) is 9.47 Å². The van der Waals surface area contributed by atoms with E-state index in [1.54, 1.807) is 30.3 Å². The zero-order valence-electron chi connectivity index (χ0n) is 16.1. The highest BCUT2D eigenvalue weighted by molar-refractivity contribution is 6.53. The summed E-state index contributed by atoms with van der Waals surface area (Å²) in [6.45, 7) is 5.25. The zero-order valence-corrected chi connectivity index (χ0v) is 16.1. The van der Waals surface area contributed by atoms with Gasteiger partial charge < -0.3 is 4.57 Å². The van der Waals surface area contributed by atoms with Crippen molar-refractivity contribution < 1.29 is 19.2 Å². The van der Waals surface area contributed by atoms with Crippen LogP contribution in [0.3, 0.4) is 0 Å². The molecule has 4 amide bonds. The van der Waals surface area contributed by atoms with E-state index in [-0.39, 0.29) is 5.78 Å². The molecule has 7 nitrogen and oxygen atoms in total. The zero-order chi connectivity index (χ0) is 20.2. The van der Waals surface area contributed by atoms with Crippen LogP contribution in [0.5, 0.6) is 0 Å². The lowest BCUT2D eigenvalue weighted by molar-refractivity contribution is -0.139. The van der Waals surface area contributed by atoms with Crippen molar-refractivity contribution in [2.45, 2.75) is 39.7 Å². The number of imide groups is 2. The van der Waals surface area contributed by atoms with E-state index < -0.39 is 24.4 Å². The predicted molar refractivity (Wildman–Crippen MR) is 102 cm³/mol. The summed E-state index contributed by atoms with van der Waals surface area (Å²) in [6, 6.07) is 8.14. The molecule has 1 aliphatic heterocycles. The summed E-state index contributed by atoms with van der Waals surface area (Å²) in [4.78, 5) is 51.8. The summed E-state index contributed by atoms with van der Waals surface area (Å²) < 4.78 is 2.13. The summed E-state index contributed by atoms with van der Waals surface area (Å²) in [7, 11) is 0. The van der Waals surface area contributed by atoms with E-state index in [2.05, 4.69) is 4.57 Å². The molecule has 2 fully saturated rings. The maximum Gasteiger partial charge on any atom is 0.339 e. The van der Waals surface area contributed by atoms with Crippen molar-refractivity contribution >= 4 is 29.3 Å². The Morgan fingerprint density at radius 2 is 1.64 bits per heavy atom. The minimum Gasteiger partial charge on any atom is -0.345 e. The number of anilines is 1. The summed E-state index contributed by atoms with van der Waals surface area (Å²) in [5.74, 6) is -2.26. The number of carbonyl (C=O) groups excluding carboxylic acids is 4. The van der Waals surface area contributed by atoms with Crippen molar-refractivity contribution in [3.8, 4) is 0 Å². The number of hydrogen-bond acceptors (Lipinski definition) is 4. The number of nitrogens with zero attached hydrogens (tertiary/aromatic N) is 3. The Labute approximate surface area is 162 Å². The number of rotatable bonds is 5. The van der Waals surface area contributed by atoms with Crippen LogP contribution in [0, 0.1) is 20.8 Å². The molecular weight excluding hydrogens is 358 g/mol. The number of hydrogen-bond donors (Lipinski definition) is 0. The van der Waals surface area contributed by atoms with Crippen LogP contribution in [-0.4, -0.2) is 39.6 Å². The number of aryl methyl sites for hydroxylation is 2. The molecule has 28 heavy (non-hydrogen) atoms. The van der Waals surface area contributed by atoms with Crippen molar-refractivity contribution in [3.63, 3.8) is 0 Å². The first-order chi connectivity index (χ1) is 13.3. The molecule has 2 aliphatic rings. The van der Waals surface area contributed by atoms with Crippen LogP contribution in [0.15, 0.2) is 30.3 Å². The van der Waals surface area contributed by atoms with Gasteiger partial charge in [0.05, 0.1) is 12.2 Å². The minimum atomic E-state index is -0.977. The van der Waals surface area contributed by atoms with Gasteiger partial charge in [0.2, 0.25) is 0 Å². The number of Topliss-reactive ketones (excluding diaryl/α,β-unsaturated/α-hetero) is 1. The Morgan fingerprint density at radius 1 is 1.00 bits per heavy atom. The number of benzene rings is 1. The highest BCUT2D eigenvalue weighted by atomic mass is 16.2. The van der Waals surface area contributed by atoms with Crippen molar-refractivity contribution in [2.24, 2.45) is 0 Å². The molecule has 2 aromatic rings. The molecule has 0 spiro atoms. The Hall–Kier alpha value is -3.22. The summed E-state index contributed by atoms with van der Waals surface area (Å²) in [6.07, 6.45) is 2.18. The molecule has 7 heteroatoms. The van der Waals surface area contributed by atoms with Gasteiger partial charge in [-0.2, -0.15) is 0 Å². The van der Waals surface area contributed by atoms with Gasteiger partial charge in [0, 0.05) is 23.0 Å². The lowest BCUT2D eigenvalue weighted by Crippen LogP contribution is -2.37. The maximum atomic E-state index is 12.8. The largest absolute Gasteiger partial charge is 0.345 e. The molecule has 1 aromatic heterocycles. The highest BCUT2D eigenvalue weighted by Crippen LogP contribution is 2.38. The van der Waals surface area contributed by atoms with Gasteiger partial charge in [0.25, 0.3) is 0 Å². The second-order valence-corrected chi connectivity index (χ2v) is 7.46. The summed E-state index contributed by atoms with van der Waals surface area (Å²) >= 11 is 0. The fourth-order valence-electron chi connectivity index (χ4n) is 3.75. The third-order valence-corrected chi connectivity index (χ3v) is 5.34. The monoisotopic (exact) mass is 379 g/mol. The van der Waals surface area contributed by atoms with Gasteiger partial charge in [0.1, 0.15) is 0 Å². The highest BCUT2D eigenvalue weighted by Gasteiger charge is 2.46. The van der Waals surface area contributed by atoms with E-state index in [0.29, 0.717) is 17.3 Å². The number of ketones is 1. The first-order valence-corrected chi connectivity index (χ1v) is 9.27. The molecule has 2 heterocycles. The summed E-state index contributed by atoms with van der Waals surface area (Å²) in [5, 5.41) is 0. The van der Waals surface area contributed by atoms with Gasteiger partial charge >= 0.3 is 17.8 Å². The third-order valence-electron chi connectivity index (χ3n) is 5.34. The fourth-order valence-corrected chi connectivity index (χ4v) is 3.75. The minimum absolute atomic E-state index is 0.316. The second kappa shape index (κ2) is 6.44. The average molecular weight is 379 g/mol. The lowest BCUT2D eigenvalue weighted by atomic mass is 10.1. The molecule has 4 rings (SSSR count). The smallest absolute Gasteiger partial charge is 0.339 e. The fraction of sp³-hybridized carbons (Fsp3) is 0.333. The Kier molecular flexibility index (Phi) is 4.18. The molecule has 1 aromatic carbocycles. The van der Waals surface area contributed by atoms with Gasteiger partial charge in [-0.05, 0) is 51.8 Å². The Balaban J connectivity index is 1.58. The van der Waals surface area contributed by atoms with Crippen LogP contribution in [0.1, 0.15) is 46.2 Å². The normalized spacial score (nSPS) is 17.0. The van der Waals surface area contributed by atoms with Crippen LogP contribution >= 0.6 is 0 Å². The number of urea groups is 1. The van der Waals surface area contributed by atoms with Gasteiger partial charge in [-0.15, -0.1) is 0 Å². The van der Waals surface area contributed by atoms with Gasteiger partial charge in [-0.1, -0.05) is 17.7 Å². The molecule has 0 radical (unpaired) electrons. The maximum absolute atomic E-state index is 12.8. The van der Waals surface area contributed by atoms with Crippen LogP contribution < -0.4 is 4.90 Å². The van der Waals surface area contributed by atoms with Crippen molar-refractivity contribution in [2.75, 3.05) is 11.4 Å².